The van der Waals surface area contributed by atoms with Gasteiger partial charge in [-0.25, -0.2) is 0 Å². The van der Waals surface area contributed by atoms with Crippen molar-refractivity contribution in [3.63, 3.8) is 0 Å². The highest BCUT2D eigenvalue weighted by Gasteiger charge is 2.25. The molecule has 1 aliphatic rings. The quantitative estimate of drug-likeness (QED) is 0.900. The SMILES string of the molecule is CCSC(C)C1CNC(Cc2ccc(Cl)cc2)CO1. The summed E-state index contributed by atoms with van der Waals surface area (Å²) < 4.78 is 5.99. The normalized spacial score (nSPS) is 25.2. The fourth-order valence-electron chi connectivity index (χ4n) is 2.35. The lowest BCUT2D eigenvalue weighted by Crippen LogP contribution is -2.50. The molecule has 0 saturated carbocycles. The van der Waals surface area contributed by atoms with Crippen molar-refractivity contribution in [2.24, 2.45) is 0 Å². The van der Waals surface area contributed by atoms with E-state index in [1.807, 2.05) is 23.9 Å². The van der Waals surface area contributed by atoms with Crippen LogP contribution in [0.4, 0.5) is 0 Å². The molecule has 1 heterocycles. The van der Waals surface area contributed by atoms with Crippen LogP contribution in [0, 0.1) is 0 Å². The van der Waals surface area contributed by atoms with Crippen LogP contribution in [0.2, 0.25) is 5.02 Å². The molecule has 2 rings (SSSR count). The van der Waals surface area contributed by atoms with E-state index in [-0.39, 0.29) is 0 Å². The van der Waals surface area contributed by atoms with Crippen LogP contribution in [0.1, 0.15) is 19.4 Å². The minimum Gasteiger partial charge on any atom is -0.374 e. The van der Waals surface area contributed by atoms with Gasteiger partial charge in [-0.1, -0.05) is 37.6 Å². The summed E-state index contributed by atoms with van der Waals surface area (Å²) >= 11 is 7.86. The first-order valence-corrected chi connectivity index (χ1v) is 8.32. The van der Waals surface area contributed by atoms with Crippen LogP contribution < -0.4 is 5.32 Å². The summed E-state index contributed by atoms with van der Waals surface area (Å²) in [6.45, 7) is 6.19. The molecule has 0 bridgehead atoms. The van der Waals surface area contributed by atoms with Gasteiger partial charge in [0, 0.05) is 22.9 Å². The third kappa shape index (κ3) is 4.67. The summed E-state index contributed by atoms with van der Waals surface area (Å²) in [4.78, 5) is 0. The highest BCUT2D eigenvalue weighted by molar-refractivity contribution is 7.99. The van der Waals surface area contributed by atoms with Crippen molar-refractivity contribution in [2.75, 3.05) is 18.9 Å². The predicted octanol–water partition coefficient (Wildman–Crippen LogP) is 3.38. The van der Waals surface area contributed by atoms with Crippen molar-refractivity contribution in [2.45, 2.75) is 37.7 Å². The van der Waals surface area contributed by atoms with Crippen LogP contribution in [0.3, 0.4) is 0 Å². The Bertz CT molecular complexity index is 376. The number of rotatable bonds is 5. The van der Waals surface area contributed by atoms with E-state index < -0.39 is 0 Å². The van der Waals surface area contributed by atoms with E-state index in [1.165, 1.54) is 5.56 Å². The van der Waals surface area contributed by atoms with Gasteiger partial charge >= 0.3 is 0 Å². The van der Waals surface area contributed by atoms with Crippen molar-refractivity contribution >= 4 is 23.4 Å². The third-order valence-electron chi connectivity index (χ3n) is 3.47. The van der Waals surface area contributed by atoms with E-state index in [0.717, 1.165) is 30.3 Å². The third-order valence-corrected chi connectivity index (χ3v) is 4.88. The minimum absolute atomic E-state index is 0.339. The van der Waals surface area contributed by atoms with Crippen molar-refractivity contribution in [3.8, 4) is 0 Å². The Morgan fingerprint density at radius 2 is 2.16 bits per heavy atom. The number of halogens is 1. The Kier molecular flexibility index (Phi) is 6.02. The number of ether oxygens (including phenoxy) is 1. The molecule has 0 aromatic heterocycles. The van der Waals surface area contributed by atoms with Crippen molar-refractivity contribution < 1.29 is 4.74 Å². The first kappa shape index (κ1) is 15.2. The van der Waals surface area contributed by atoms with Gasteiger partial charge in [0.1, 0.15) is 0 Å². The van der Waals surface area contributed by atoms with E-state index in [9.17, 15) is 0 Å². The Labute approximate surface area is 125 Å². The van der Waals surface area contributed by atoms with E-state index in [0.29, 0.717) is 17.4 Å². The fourth-order valence-corrected chi connectivity index (χ4v) is 3.39. The average molecular weight is 300 g/mol. The molecule has 1 fully saturated rings. The molecule has 1 aromatic rings. The van der Waals surface area contributed by atoms with Crippen molar-refractivity contribution in [1.29, 1.82) is 0 Å². The monoisotopic (exact) mass is 299 g/mol. The lowest BCUT2D eigenvalue weighted by atomic mass is 10.0. The molecule has 19 heavy (non-hydrogen) atoms. The molecule has 2 nitrogen and oxygen atoms in total. The predicted molar refractivity (Wildman–Crippen MR) is 84.3 cm³/mol. The summed E-state index contributed by atoms with van der Waals surface area (Å²) in [6.07, 6.45) is 1.34. The van der Waals surface area contributed by atoms with Crippen LogP contribution in [-0.2, 0) is 11.2 Å². The number of hydrogen-bond acceptors (Lipinski definition) is 3. The van der Waals surface area contributed by atoms with E-state index in [2.05, 4.69) is 31.3 Å². The molecule has 1 saturated heterocycles. The van der Waals surface area contributed by atoms with Crippen LogP contribution >= 0.6 is 23.4 Å². The van der Waals surface area contributed by atoms with Crippen LogP contribution in [-0.4, -0.2) is 36.3 Å². The summed E-state index contributed by atoms with van der Waals surface area (Å²) in [7, 11) is 0. The topological polar surface area (TPSA) is 21.3 Å². The lowest BCUT2D eigenvalue weighted by molar-refractivity contribution is 0.00597. The zero-order chi connectivity index (χ0) is 13.7. The highest BCUT2D eigenvalue weighted by atomic mass is 35.5. The van der Waals surface area contributed by atoms with Crippen molar-refractivity contribution in [3.05, 3.63) is 34.9 Å². The molecule has 0 aliphatic carbocycles. The smallest absolute Gasteiger partial charge is 0.0815 e. The Balaban J connectivity index is 1.78. The molecule has 0 spiro atoms. The zero-order valence-corrected chi connectivity index (χ0v) is 13.1. The van der Waals surface area contributed by atoms with Crippen molar-refractivity contribution in [1.82, 2.24) is 5.32 Å². The number of morpholine rings is 1. The van der Waals surface area contributed by atoms with Crippen LogP contribution in [0.15, 0.2) is 24.3 Å². The molecular weight excluding hydrogens is 278 g/mol. The molecule has 3 unspecified atom stereocenters. The Morgan fingerprint density at radius 1 is 1.42 bits per heavy atom. The highest BCUT2D eigenvalue weighted by Crippen LogP contribution is 2.19. The lowest BCUT2D eigenvalue weighted by Gasteiger charge is -2.33. The number of thioether (sulfide) groups is 1. The zero-order valence-electron chi connectivity index (χ0n) is 11.6. The van der Waals surface area contributed by atoms with E-state index in [4.69, 9.17) is 16.3 Å². The van der Waals surface area contributed by atoms with E-state index >= 15 is 0 Å². The summed E-state index contributed by atoms with van der Waals surface area (Å²) in [5.41, 5.74) is 1.31. The van der Waals surface area contributed by atoms with Gasteiger partial charge in [-0.3, -0.25) is 0 Å². The first-order chi connectivity index (χ1) is 9.19. The molecule has 1 aromatic carbocycles. The maximum absolute atomic E-state index is 5.99. The second-order valence-corrected chi connectivity index (χ2v) is 7.06. The molecule has 106 valence electrons. The van der Waals surface area contributed by atoms with E-state index in [1.54, 1.807) is 0 Å². The number of hydrogen-bond donors (Lipinski definition) is 1. The van der Waals surface area contributed by atoms with Gasteiger partial charge < -0.3 is 10.1 Å². The Hall–Kier alpha value is -0.220. The van der Waals surface area contributed by atoms with Gasteiger partial charge in [0.05, 0.1) is 12.7 Å². The minimum atomic E-state index is 0.339. The Morgan fingerprint density at radius 3 is 2.74 bits per heavy atom. The summed E-state index contributed by atoms with van der Waals surface area (Å²) in [5, 5.41) is 4.96. The molecule has 1 N–H and O–H groups in total. The van der Waals surface area contributed by atoms with Gasteiger partial charge in [0.25, 0.3) is 0 Å². The maximum Gasteiger partial charge on any atom is 0.0815 e. The summed E-state index contributed by atoms with van der Waals surface area (Å²) in [5.74, 6) is 1.15. The number of nitrogens with one attached hydrogen (secondary N) is 1. The second-order valence-electron chi connectivity index (χ2n) is 4.97. The molecule has 4 heteroatoms. The van der Waals surface area contributed by atoms with Crippen LogP contribution in [0.5, 0.6) is 0 Å². The molecule has 0 radical (unpaired) electrons. The van der Waals surface area contributed by atoms with Gasteiger partial charge in [0.2, 0.25) is 0 Å². The van der Waals surface area contributed by atoms with Gasteiger partial charge in [-0.2, -0.15) is 11.8 Å². The number of benzene rings is 1. The molecular formula is C15H22ClNOS. The molecule has 3 atom stereocenters. The van der Waals surface area contributed by atoms with Gasteiger partial charge in [0.15, 0.2) is 0 Å². The second kappa shape index (κ2) is 7.53. The van der Waals surface area contributed by atoms with Crippen LogP contribution in [0.25, 0.3) is 0 Å². The summed E-state index contributed by atoms with van der Waals surface area (Å²) in [6, 6.07) is 8.49. The fraction of sp³-hybridized carbons (Fsp3) is 0.600. The van der Waals surface area contributed by atoms with Gasteiger partial charge in [-0.05, 0) is 29.9 Å². The average Bonchev–Trinajstić information content (AvgIpc) is 2.42. The largest absolute Gasteiger partial charge is 0.374 e. The first-order valence-electron chi connectivity index (χ1n) is 6.90. The maximum atomic E-state index is 5.99. The standard InChI is InChI=1S/C15H22ClNOS/c1-3-19-11(2)15-9-17-14(10-18-15)8-12-4-6-13(16)7-5-12/h4-7,11,14-15,17H,3,8-10H2,1-2H3. The molecule has 0 amide bonds. The molecule has 1 aliphatic heterocycles. The van der Waals surface area contributed by atoms with Gasteiger partial charge in [-0.15, -0.1) is 0 Å².